The minimum atomic E-state index is -0.962. The minimum absolute atomic E-state index is 0.0673. The van der Waals surface area contributed by atoms with E-state index in [1.807, 2.05) is 116 Å². The summed E-state index contributed by atoms with van der Waals surface area (Å²) in [6.45, 7) is 4.97. The van der Waals surface area contributed by atoms with Crippen molar-refractivity contribution in [1.82, 2.24) is 9.80 Å². The second kappa shape index (κ2) is 12.2. The lowest BCUT2D eigenvalue weighted by Gasteiger charge is -2.38. The van der Waals surface area contributed by atoms with Gasteiger partial charge in [-0.05, 0) is 48.6 Å². The largest absolute Gasteiger partial charge is 0.394 e. The second-order valence-electron chi connectivity index (χ2n) is 12.9. The molecule has 2 fully saturated rings. The van der Waals surface area contributed by atoms with Gasteiger partial charge in [0.15, 0.2) is 0 Å². The molecule has 4 aliphatic rings. The van der Waals surface area contributed by atoms with Gasteiger partial charge < -0.3 is 19.8 Å². The first-order valence-electron chi connectivity index (χ1n) is 16.0. The quantitative estimate of drug-likeness (QED) is 0.382. The van der Waals surface area contributed by atoms with E-state index >= 15 is 4.79 Å². The summed E-state index contributed by atoms with van der Waals surface area (Å²) in [6.07, 6.45) is 8.55. The molecule has 2 saturated heterocycles. The molecule has 0 aromatic heterocycles. The standard InChI is InChI=1S/C38H39N3O4S/c1-25-16-17-26(2)30(21-25)40-20-10-18-38-33(32-31(46-38)15-9-19-39(35(32)43)23-28-13-7-4-8-14-28)36(44)41(34(38)37(40)45)29(24-42)22-27-11-5-3-6-12-27/h3-18,21,29,31-34,42H,19-20,22-24H2,1-2H3/t29-,31+,32-,33+,34?,38+/m1/s1. The van der Waals surface area contributed by atoms with E-state index < -0.39 is 28.7 Å². The number of anilines is 1. The molecule has 1 spiro atoms. The molecule has 0 aliphatic carbocycles. The van der Waals surface area contributed by atoms with E-state index in [9.17, 15) is 14.7 Å². The van der Waals surface area contributed by atoms with Gasteiger partial charge in [0.25, 0.3) is 5.91 Å². The molecule has 46 heavy (non-hydrogen) atoms. The van der Waals surface area contributed by atoms with Crippen molar-refractivity contribution in [3.8, 4) is 0 Å². The summed E-state index contributed by atoms with van der Waals surface area (Å²) in [6, 6.07) is 24.2. The molecule has 0 radical (unpaired) electrons. The number of rotatable bonds is 7. The first kappa shape index (κ1) is 30.5. The van der Waals surface area contributed by atoms with E-state index in [1.165, 1.54) is 0 Å². The number of likely N-dealkylation sites (tertiary alicyclic amines) is 1. The first-order valence-corrected chi connectivity index (χ1v) is 16.9. The van der Waals surface area contributed by atoms with Gasteiger partial charge in [-0.15, -0.1) is 11.8 Å². The number of aliphatic hydroxyl groups excluding tert-OH is 1. The molecule has 3 aromatic carbocycles. The highest BCUT2D eigenvalue weighted by molar-refractivity contribution is 8.02. The Hall–Kier alpha value is -4.14. The van der Waals surface area contributed by atoms with Crippen molar-refractivity contribution in [2.45, 2.75) is 48.9 Å². The predicted octanol–water partition coefficient (Wildman–Crippen LogP) is 4.71. The fraction of sp³-hybridized carbons (Fsp3) is 0.342. The summed E-state index contributed by atoms with van der Waals surface area (Å²) in [5.74, 6) is -1.85. The number of amides is 3. The van der Waals surface area contributed by atoms with Gasteiger partial charge in [-0.2, -0.15) is 0 Å². The number of fused-ring (bicyclic) bond motifs is 2. The van der Waals surface area contributed by atoms with Crippen LogP contribution in [0.15, 0.2) is 103 Å². The van der Waals surface area contributed by atoms with Crippen molar-refractivity contribution in [2.75, 3.05) is 24.6 Å². The fourth-order valence-corrected chi connectivity index (χ4v) is 9.82. The van der Waals surface area contributed by atoms with Crippen LogP contribution in [0.4, 0.5) is 5.69 Å². The van der Waals surface area contributed by atoms with Crippen LogP contribution in [0.25, 0.3) is 0 Å². The summed E-state index contributed by atoms with van der Waals surface area (Å²) in [4.78, 5) is 49.7. The highest BCUT2D eigenvalue weighted by Crippen LogP contribution is 2.61. The smallest absolute Gasteiger partial charge is 0.251 e. The summed E-state index contributed by atoms with van der Waals surface area (Å²) in [5, 5.41) is 10.6. The molecule has 236 valence electrons. The Morgan fingerprint density at radius 3 is 2.30 bits per heavy atom. The van der Waals surface area contributed by atoms with Crippen LogP contribution in [0.2, 0.25) is 0 Å². The van der Waals surface area contributed by atoms with E-state index in [0.717, 1.165) is 27.9 Å². The Bertz CT molecular complexity index is 1710. The van der Waals surface area contributed by atoms with E-state index in [-0.39, 0.29) is 29.6 Å². The van der Waals surface area contributed by atoms with Crippen molar-refractivity contribution in [3.63, 3.8) is 0 Å². The third kappa shape index (κ3) is 5.08. The summed E-state index contributed by atoms with van der Waals surface area (Å²) in [5.41, 5.74) is 4.82. The third-order valence-corrected chi connectivity index (χ3v) is 11.7. The van der Waals surface area contributed by atoms with Crippen molar-refractivity contribution in [3.05, 3.63) is 125 Å². The molecule has 0 saturated carbocycles. The van der Waals surface area contributed by atoms with Crippen LogP contribution in [0.5, 0.6) is 0 Å². The van der Waals surface area contributed by atoms with Gasteiger partial charge in [0.1, 0.15) is 6.04 Å². The molecule has 7 rings (SSSR count). The molecule has 0 bridgehead atoms. The van der Waals surface area contributed by atoms with Crippen LogP contribution >= 0.6 is 11.8 Å². The van der Waals surface area contributed by atoms with Crippen molar-refractivity contribution in [1.29, 1.82) is 0 Å². The van der Waals surface area contributed by atoms with Crippen molar-refractivity contribution < 1.29 is 19.5 Å². The van der Waals surface area contributed by atoms with Crippen molar-refractivity contribution >= 4 is 35.2 Å². The highest BCUT2D eigenvalue weighted by Gasteiger charge is 2.71. The van der Waals surface area contributed by atoms with Gasteiger partial charge in [-0.25, -0.2) is 0 Å². The Labute approximate surface area is 274 Å². The number of carbonyl (C=O) groups excluding carboxylic acids is 3. The van der Waals surface area contributed by atoms with Crippen LogP contribution in [-0.4, -0.2) is 74.4 Å². The number of hydrogen-bond donors (Lipinski definition) is 1. The van der Waals surface area contributed by atoms with E-state index in [1.54, 1.807) is 21.6 Å². The van der Waals surface area contributed by atoms with Gasteiger partial charge in [-0.3, -0.25) is 14.4 Å². The lowest BCUT2D eigenvalue weighted by atomic mass is 9.78. The molecule has 3 aromatic rings. The number of benzene rings is 3. The molecule has 6 atom stereocenters. The zero-order valence-electron chi connectivity index (χ0n) is 26.2. The normalized spacial score (nSPS) is 27.7. The van der Waals surface area contributed by atoms with Gasteiger partial charge in [0.2, 0.25) is 11.8 Å². The molecular weight excluding hydrogens is 595 g/mol. The average molecular weight is 634 g/mol. The zero-order valence-corrected chi connectivity index (χ0v) is 27.0. The zero-order chi connectivity index (χ0) is 32.0. The highest BCUT2D eigenvalue weighted by atomic mass is 32.2. The lowest BCUT2D eigenvalue weighted by molar-refractivity contribution is -0.144. The molecular formula is C38H39N3O4S. The van der Waals surface area contributed by atoms with Crippen LogP contribution in [0.3, 0.4) is 0 Å². The molecule has 4 aliphatic heterocycles. The SMILES string of the molecule is Cc1ccc(C)c(N2CC=C[C@]34S[C@H]5C=CCN(Cc6ccccc6)C(=O)[C@H]5[C@H]3C(=O)N([C@@H](CO)Cc3ccccc3)C4C2=O)c1. The predicted molar refractivity (Wildman–Crippen MR) is 181 cm³/mol. The second-order valence-corrected chi connectivity index (χ2v) is 14.4. The summed E-state index contributed by atoms with van der Waals surface area (Å²) < 4.78 is -0.962. The van der Waals surface area contributed by atoms with E-state index in [0.29, 0.717) is 26.1 Å². The maximum Gasteiger partial charge on any atom is 0.251 e. The van der Waals surface area contributed by atoms with Gasteiger partial charge in [0.05, 0.1) is 29.2 Å². The maximum atomic E-state index is 15.0. The molecule has 7 nitrogen and oxygen atoms in total. The molecule has 1 unspecified atom stereocenters. The first-order chi connectivity index (χ1) is 22.3. The van der Waals surface area contributed by atoms with E-state index in [4.69, 9.17) is 0 Å². The van der Waals surface area contributed by atoms with Crippen molar-refractivity contribution in [2.24, 2.45) is 11.8 Å². The molecule has 1 N–H and O–H groups in total. The average Bonchev–Trinajstić information content (AvgIpc) is 3.39. The number of thioether (sulfide) groups is 1. The molecule has 3 amide bonds. The van der Waals surface area contributed by atoms with E-state index in [2.05, 4.69) is 6.08 Å². The summed E-state index contributed by atoms with van der Waals surface area (Å²) in [7, 11) is 0. The number of aliphatic hydroxyl groups is 1. The monoisotopic (exact) mass is 633 g/mol. The van der Waals surface area contributed by atoms with Gasteiger partial charge in [-0.1, -0.05) is 97.1 Å². The Kier molecular flexibility index (Phi) is 8.11. The third-order valence-electron chi connectivity index (χ3n) is 9.97. The Morgan fingerprint density at radius 2 is 1.59 bits per heavy atom. The molecule has 8 heteroatoms. The Balaban J connectivity index is 1.33. The maximum absolute atomic E-state index is 15.0. The van der Waals surface area contributed by atoms with Gasteiger partial charge in [0, 0.05) is 30.6 Å². The van der Waals surface area contributed by atoms with Crippen LogP contribution in [-0.2, 0) is 27.3 Å². The number of aryl methyl sites for hydroxylation is 2. The fourth-order valence-electron chi connectivity index (χ4n) is 7.83. The van der Waals surface area contributed by atoms with Crippen LogP contribution in [0.1, 0.15) is 22.3 Å². The number of hydrogen-bond acceptors (Lipinski definition) is 5. The summed E-state index contributed by atoms with van der Waals surface area (Å²) >= 11 is 1.57. The lowest BCUT2D eigenvalue weighted by Crippen LogP contribution is -2.57. The minimum Gasteiger partial charge on any atom is -0.394 e. The number of nitrogens with zero attached hydrogens (tertiary/aromatic N) is 3. The van der Waals surface area contributed by atoms with Crippen LogP contribution < -0.4 is 4.90 Å². The molecule has 4 heterocycles. The number of carbonyl (C=O) groups is 3. The van der Waals surface area contributed by atoms with Gasteiger partial charge >= 0.3 is 0 Å². The van der Waals surface area contributed by atoms with Crippen LogP contribution in [0, 0.1) is 25.7 Å². The Morgan fingerprint density at radius 1 is 0.870 bits per heavy atom. The topological polar surface area (TPSA) is 81.2 Å².